The van der Waals surface area contributed by atoms with Crippen molar-refractivity contribution >= 4 is 18.5 Å². The topological polar surface area (TPSA) is 93.0 Å². The van der Waals surface area contributed by atoms with Gasteiger partial charge in [-0.25, -0.2) is 9.97 Å². The van der Waals surface area contributed by atoms with E-state index >= 15 is 0 Å². The van der Waals surface area contributed by atoms with Gasteiger partial charge in [-0.05, 0) is 44.8 Å². The normalized spacial score (nSPS) is 22.0. The smallest absolute Gasteiger partial charge is 0.132 e. The highest BCUT2D eigenvalue weighted by atomic mass is 16.5. The molecule has 1 aliphatic heterocycles. The van der Waals surface area contributed by atoms with E-state index in [1.54, 1.807) is 6.33 Å². The number of allylic oxidation sites excluding steroid dienone is 2. The Balaban J connectivity index is 1.68. The number of aromatic nitrogens is 4. The zero-order valence-electron chi connectivity index (χ0n) is 16.6. The fourth-order valence-corrected chi connectivity index (χ4v) is 3.61. The van der Waals surface area contributed by atoms with E-state index in [1.165, 1.54) is 0 Å². The lowest BCUT2D eigenvalue weighted by atomic mass is 10.2. The predicted octanol–water partition coefficient (Wildman–Crippen LogP) is 1.46. The number of hydrogen-bond donors (Lipinski definition) is 2. The molecule has 0 bridgehead atoms. The van der Waals surface area contributed by atoms with Gasteiger partial charge in [0.2, 0.25) is 0 Å². The van der Waals surface area contributed by atoms with E-state index in [0.29, 0.717) is 0 Å². The summed E-state index contributed by atoms with van der Waals surface area (Å²) in [6.07, 6.45) is 9.78. The second-order valence-corrected chi connectivity index (χ2v) is 7.69. The van der Waals surface area contributed by atoms with Crippen molar-refractivity contribution in [2.24, 2.45) is 5.73 Å². The third-order valence-electron chi connectivity index (χ3n) is 5.68. The second-order valence-electron chi connectivity index (χ2n) is 7.69. The first-order valence-electron chi connectivity index (χ1n) is 9.97. The number of H-pyrrole nitrogens is 1. The number of hydrogen-bond acceptors (Lipinski definition) is 6. The highest BCUT2D eigenvalue weighted by Crippen LogP contribution is 2.44. The molecule has 3 N–H and O–H groups in total. The van der Waals surface area contributed by atoms with Crippen LogP contribution in [0.4, 0.5) is 5.82 Å². The van der Waals surface area contributed by atoms with Gasteiger partial charge in [0, 0.05) is 30.4 Å². The summed E-state index contributed by atoms with van der Waals surface area (Å²) >= 11 is 0. The number of anilines is 1. The van der Waals surface area contributed by atoms with Crippen LogP contribution in [0.25, 0.3) is 24.0 Å². The van der Waals surface area contributed by atoms with E-state index < -0.39 is 0 Å². The third-order valence-corrected chi connectivity index (χ3v) is 5.68. The summed E-state index contributed by atoms with van der Waals surface area (Å²) in [7, 11) is 0. The van der Waals surface area contributed by atoms with Crippen molar-refractivity contribution in [2.75, 3.05) is 18.0 Å². The first kappa shape index (κ1) is 18.7. The van der Waals surface area contributed by atoms with Gasteiger partial charge < -0.3 is 15.4 Å². The minimum Gasteiger partial charge on any atom is -0.488 e. The van der Waals surface area contributed by atoms with E-state index in [1.807, 2.05) is 25.1 Å². The molecule has 2 aliphatic rings. The molecule has 4 rings (SSSR count). The van der Waals surface area contributed by atoms with Gasteiger partial charge in [0.05, 0.1) is 11.0 Å². The number of nitrogens with two attached hydrogens (primary N) is 1. The zero-order chi connectivity index (χ0) is 19.7. The second kappa shape index (κ2) is 7.39. The van der Waals surface area contributed by atoms with Crippen molar-refractivity contribution < 1.29 is 4.74 Å². The lowest BCUT2D eigenvalue weighted by molar-refractivity contribution is 0.102. The number of nitrogens with one attached hydrogen (secondary N) is 1. The molecular weight excluding hydrogens is 352 g/mol. The maximum absolute atomic E-state index is 6.26. The van der Waals surface area contributed by atoms with Crippen LogP contribution in [-0.4, -0.2) is 44.9 Å². The Morgan fingerprint density at radius 1 is 1.46 bits per heavy atom. The van der Waals surface area contributed by atoms with Crippen LogP contribution in [0.3, 0.4) is 0 Å². The van der Waals surface area contributed by atoms with Crippen LogP contribution in [0.1, 0.15) is 39.5 Å². The van der Waals surface area contributed by atoms with Crippen LogP contribution in [0.15, 0.2) is 24.2 Å². The Morgan fingerprint density at radius 3 is 2.93 bits per heavy atom. The van der Waals surface area contributed by atoms with Crippen molar-refractivity contribution in [1.82, 2.24) is 20.2 Å². The molecule has 2 aromatic heterocycles. The minimum atomic E-state index is 0.000178. The molecule has 1 saturated heterocycles. The SMILES string of the molecule is C=c1[nH]nc(-c2cc(N3CCC(N)C3)ncn2)c1=CC(=CC)OC1(CC)CC1. The van der Waals surface area contributed by atoms with Gasteiger partial charge in [-0.1, -0.05) is 13.5 Å². The van der Waals surface area contributed by atoms with Gasteiger partial charge in [0.15, 0.2) is 0 Å². The molecule has 1 atom stereocenters. The van der Waals surface area contributed by atoms with Crippen LogP contribution < -0.4 is 21.2 Å². The average Bonchev–Trinajstić information content (AvgIpc) is 3.20. The summed E-state index contributed by atoms with van der Waals surface area (Å²) < 4.78 is 6.26. The highest BCUT2D eigenvalue weighted by Gasteiger charge is 2.43. The molecule has 0 spiro atoms. The van der Waals surface area contributed by atoms with Gasteiger partial charge in [-0.15, -0.1) is 0 Å². The average molecular weight is 380 g/mol. The number of aromatic amines is 1. The van der Waals surface area contributed by atoms with Crippen LogP contribution in [-0.2, 0) is 4.74 Å². The molecule has 7 nitrogen and oxygen atoms in total. The predicted molar refractivity (Wildman–Crippen MR) is 111 cm³/mol. The van der Waals surface area contributed by atoms with Crippen LogP contribution in [0.2, 0.25) is 0 Å². The van der Waals surface area contributed by atoms with Gasteiger partial charge >= 0.3 is 0 Å². The van der Waals surface area contributed by atoms with Gasteiger partial charge in [-0.2, -0.15) is 5.10 Å². The lowest BCUT2D eigenvalue weighted by Crippen LogP contribution is -2.27. The Kier molecular flexibility index (Phi) is 4.93. The third kappa shape index (κ3) is 3.67. The molecule has 3 heterocycles. The summed E-state index contributed by atoms with van der Waals surface area (Å²) in [6.45, 7) is 9.97. The van der Waals surface area contributed by atoms with Crippen molar-refractivity contribution in [3.05, 3.63) is 34.8 Å². The largest absolute Gasteiger partial charge is 0.488 e. The molecule has 2 fully saturated rings. The van der Waals surface area contributed by atoms with Crippen molar-refractivity contribution in [3.8, 4) is 11.4 Å². The van der Waals surface area contributed by atoms with Crippen LogP contribution in [0, 0.1) is 0 Å². The fourth-order valence-electron chi connectivity index (χ4n) is 3.61. The molecular formula is C21H28N6O. The Labute approximate surface area is 165 Å². The number of rotatable bonds is 6. The monoisotopic (exact) mass is 380 g/mol. The maximum atomic E-state index is 6.26. The quantitative estimate of drug-likeness (QED) is 0.737. The number of ether oxygens (including phenoxy) is 1. The zero-order valence-corrected chi connectivity index (χ0v) is 16.6. The first-order valence-corrected chi connectivity index (χ1v) is 9.97. The molecule has 1 saturated carbocycles. The molecule has 1 unspecified atom stereocenters. The molecule has 0 radical (unpaired) electrons. The van der Waals surface area contributed by atoms with Gasteiger partial charge in [0.1, 0.15) is 29.2 Å². The van der Waals surface area contributed by atoms with Crippen molar-refractivity contribution in [3.63, 3.8) is 0 Å². The lowest BCUT2D eigenvalue weighted by Gasteiger charge is -2.17. The van der Waals surface area contributed by atoms with E-state index in [2.05, 4.69) is 38.6 Å². The summed E-state index contributed by atoms with van der Waals surface area (Å²) in [5, 5.41) is 9.07. The van der Waals surface area contributed by atoms with E-state index in [4.69, 9.17) is 10.5 Å². The molecule has 148 valence electrons. The van der Waals surface area contributed by atoms with Crippen LogP contribution in [0.5, 0.6) is 0 Å². The Morgan fingerprint density at radius 2 is 2.29 bits per heavy atom. The van der Waals surface area contributed by atoms with Crippen molar-refractivity contribution in [1.29, 1.82) is 0 Å². The summed E-state index contributed by atoms with van der Waals surface area (Å²) in [5.74, 6) is 1.72. The first-order chi connectivity index (χ1) is 13.5. The highest BCUT2D eigenvalue weighted by molar-refractivity contribution is 5.62. The maximum Gasteiger partial charge on any atom is 0.132 e. The molecule has 28 heavy (non-hydrogen) atoms. The summed E-state index contributed by atoms with van der Waals surface area (Å²) in [5.41, 5.74) is 7.55. The van der Waals surface area contributed by atoms with Gasteiger partial charge in [-0.3, -0.25) is 5.10 Å². The number of nitrogens with zero attached hydrogens (tertiary/aromatic N) is 4. The molecule has 7 heteroatoms. The minimum absolute atomic E-state index is 0.000178. The van der Waals surface area contributed by atoms with E-state index in [0.717, 1.165) is 72.3 Å². The Bertz CT molecular complexity index is 991. The molecule has 0 amide bonds. The standard InChI is InChI=1S/C21H28N6O/c1-4-16(28-21(5-2)7-8-21)10-17-14(3)25-26-20(17)18-11-19(24-13-23-18)27-9-6-15(22)12-27/h4,10-11,13,15,25H,3,5-9,12,22H2,1-2H3. The van der Waals surface area contributed by atoms with Gasteiger partial charge in [0.25, 0.3) is 0 Å². The van der Waals surface area contributed by atoms with Crippen molar-refractivity contribution in [2.45, 2.75) is 51.2 Å². The molecule has 0 aromatic carbocycles. The molecule has 2 aromatic rings. The summed E-state index contributed by atoms with van der Waals surface area (Å²) in [4.78, 5) is 11.1. The summed E-state index contributed by atoms with van der Waals surface area (Å²) in [6, 6.07) is 2.16. The van der Waals surface area contributed by atoms with E-state index in [9.17, 15) is 0 Å². The molecule has 1 aliphatic carbocycles. The van der Waals surface area contributed by atoms with E-state index in [-0.39, 0.29) is 11.6 Å². The van der Waals surface area contributed by atoms with Crippen LogP contribution >= 0.6 is 0 Å². The Hall–Kier alpha value is -2.67. The fraction of sp³-hybridized carbons (Fsp3) is 0.476.